The maximum Gasteiger partial charge on any atom is 0.310 e. The molecule has 0 radical (unpaired) electrons. The van der Waals surface area contributed by atoms with Gasteiger partial charge >= 0.3 is 5.97 Å². The van der Waals surface area contributed by atoms with Gasteiger partial charge < -0.3 is 9.67 Å². The molecule has 1 saturated carbocycles. The monoisotopic (exact) mass is 251 g/mol. The molecule has 0 amide bonds. The Morgan fingerprint density at radius 2 is 2.06 bits per heavy atom. The van der Waals surface area contributed by atoms with Crippen molar-refractivity contribution in [3.63, 3.8) is 0 Å². The summed E-state index contributed by atoms with van der Waals surface area (Å²) >= 11 is 0. The Bertz CT molecular complexity index is 433. The van der Waals surface area contributed by atoms with Crippen molar-refractivity contribution >= 4 is 5.97 Å². The summed E-state index contributed by atoms with van der Waals surface area (Å²) in [6, 6.07) is 0. The van der Waals surface area contributed by atoms with Crippen LogP contribution in [0.1, 0.15) is 50.7 Å². The number of carbonyl (C=O) groups is 1. The normalized spacial score (nSPS) is 18.1. The van der Waals surface area contributed by atoms with Gasteiger partial charge in [0.25, 0.3) is 0 Å². The first-order chi connectivity index (χ1) is 8.59. The number of nitrogens with zero attached hydrogens (tertiary/aromatic N) is 3. The number of aliphatic carboxylic acids is 1. The second-order valence-electron chi connectivity index (χ2n) is 5.28. The summed E-state index contributed by atoms with van der Waals surface area (Å²) in [6.45, 7) is 4.89. The van der Waals surface area contributed by atoms with E-state index in [2.05, 4.69) is 21.7 Å². The molecule has 1 aliphatic rings. The smallest absolute Gasteiger partial charge is 0.310 e. The molecule has 5 heteroatoms. The van der Waals surface area contributed by atoms with Gasteiger partial charge in [0.2, 0.25) is 0 Å². The van der Waals surface area contributed by atoms with Gasteiger partial charge in [0.1, 0.15) is 11.6 Å². The molecule has 0 aromatic carbocycles. The minimum Gasteiger partial charge on any atom is -0.481 e. The Morgan fingerprint density at radius 3 is 2.61 bits per heavy atom. The van der Waals surface area contributed by atoms with Gasteiger partial charge in [-0.3, -0.25) is 4.79 Å². The Balaban J connectivity index is 2.24. The first kappa shape index (κ1) is 13.1. The molecule has 2 rings (SSSR count). The van der Waals surface area contributed by atoms with Gasteiger partial charge in [-0.15, -0.1) is 10.2 Å². The van der Waals surface area contributed by atoms with Crippen molar-refractivity contribution in [3.8, 4) is 0 Å². The first-order valence-electron chi connectivity index (χ1n) is 6.71. The van der Waals surface area contributed by atoms with E-state index in [1.54, 1.807) is 0 Å². The second kappa shape index (κ2) is 5.08. The van der Waals surface area contributed by atoms with Gasteiger partial charge in [0.15, 0.2) is 0 Å². The van der Waals surface area contributed by atoms with Crippen LogP contribution in [-0.2, 0) is 17.8 Å². The third-order valence-electron chi connectivity index (χ3n) is 3.97. The van der Waals surface area contributed by atoms with Crippen LogP contribution in [0.25, 0.3) is 0 Å². The van der Waals surface area contributed by atoms with Crippen molar-refractivity contribution in [1.29, 1.82) is 0 Å². The van der Waals surface area contributed by atoms with Crippen LogP contribution in [0.5, 0.6) is 0 Å². The molecule has 18 heavy (non-hydrogen) atoms. The van der Waals surface area contributed by atoms with Crippen molar-refractivity contribution in [2.24, 2.45) is 5.41 Å². The summed E-state index contributed by atoms with van der Waals surface area (Å²) in [5.74, 6) is 1.03. The number of carboxylic acids is 1. The molecule has 0 unspecified atom stereocenters. The molecule has 5 nitrogen and oxygen atoms in total. The van der Waals surface area contributed by atoms with Gasteiger partial charge in [-0.05, 0) is 26.2 Å². The molecule has 0 aliphatic heterocycles. The van der Waals surface area contributed by atoms with Crippen molar-refractivity contribution in [3.05, 3.63) is 11.6 Å². The second-order valence-corrected chi connectivity index (χ2v) is 5.28. The van der Waals surface area contributed by atoms with Crippen LogP contribution in [-0.4, -0.2) is 25.8 Å². The van der Waals surface area contributed by atoms with E-state index in [1.807, 2.05) is 6.92 Å². The van der Waals surface area contributed by atoms with E-state index in [4.69, 9.17) is 0 Å². The molecule has 1 aliphatic carbocycles. The molecule has 0 spiro atoms. The minimum absolute atomic E-state index is 0.517. The first-order valence-corrected chi connectivity index (χ1v) is 6.71. The fraction of sp³-hybridized carbons (Fsp3) is 0.769. The van der Waals surface area contributed by atoms with Crippen molar-refractivity contribution in [2.45, 2.75) is 58.9 Å². The lowest BCUT2D eigenvalue weighted by Gasteiger charge is -2.23. The van der Waals surface area contributed by atoms with E-state index in [1.165, 1.54) is 0 Å². The van der Waals surface area contributed by atoms with Crippen LogP contribution < -0.4 is 0 Å². The lowest BCUT2D eigenvalue weighted by molar-refractivity contribution is -0.148. The van der Waals surface area contributed by atoms with Crippen molar-refractivity contribution in [1.82, 2.24) is 14.8 Å². The number of hydrogen-bond donors (Lipinski definition) is 1. The number of rotatable bonds is 5. The predicted octanol–water partition coefficient (Wildman–Crippen LogP) is 2.18. The van der Waals surface area contributed by atoms with Gasteiger partial charge in [-0.25, -0.2) is 0 Å². The molecular formula is C13H21N3O2. The molecule has 0 bridgehead atoms. The molecular weight excluding hydrogens is 230 g/mol. The number of aryl methyl sites for hydroxylation is 1. The third-order valence-corrected chi connectivity index (χ3v) is 3.97. The van der Waals surface area contributed by atoms with E-state index in [-0.39, 0.29) is 0 Å². The highest BCUT2D eigenvalue weighted by molar-refractivity contribution is 5.75. The van der Waals surface area contributed by atoms with E-state index in [0.717, 1.165) is 50.3 Å². The number of carboxylic acid groups (broad SMARTS) is 1. The quantitative estimate of drug-likeness (QED) is 0.871. The Labute approximate surface area is 107 Å². The maximum absolute atomic E-state index is 11.5. The summed E-state index contributed by atoms with van der Waals surface area (Å²) in [6.07, 6.45) is 5.07. The highest BCUT2D eigenvalue weighted by Gasteiger charge is 2.42. The highest BCUT2D eigenvalue weighted by Crippen LogP contribution is 2.41. The van der Waals surface area contributed by atoms with Crippen molar-refractivity contribution < 1.29 is 9.90 Å². The van der Waals surface area contributed by atoms with Gasteiger partial charge in [-0.1, -0.05) is 19.8 Å². The lowest BCUT2D eigenvalue weighted by Crippen LogP contribution is -2.31. The summed E-state index contributed by atoms with van der Waals surface area (Å²) in [7, 11) is 0. The molecule has 1 aromatic rings. The van der Waals surface area contributed by atoms with Crippen molar-refractivity contribution in [2.75, 3.05) is 0 Å². The summed E-state index contributed by atoms with van der Waals surface area (Å²) in [4.78, 5) is 11.5. The summed E-state index contributed by atoms with van der Waals surface area (Å²) in [5.41, 5.74) is -0.606. The van der Waals surface area contributed by atoms with Crippen LogP contribution in [0.2, 0.25) is 0 Å². The average Bonchev–Trinajstić information content (AvgIpc) is 2.92. The van der Waals surface area contributed by atoms with Gasteiger partial charge in [0.05, 0.1) is 5.41 Å². The number of hydrogen-bond acceptors (Lipinski definition) is 3. The zero-order chi connectivity index (χ0) is 13.2. The van der Waals surface area contributed by atoms with Gasteiger partial charge in [0, 0.05) is 13.0 Å². The van der Waals surface area contributed by atoms with Crippen LogP contribution >= 0.6 is 0 Å². The van der Waals surface area contributed by atoms with E-state index < -0.39 is 11.4 Å². The summed E-state index contributed by atoms with van der Waals surface area (Å²) in [5, 5.41) is 17.8. The van der Waals surface area contributed by atoms with Crippen LogP contribution in [0.15, 0.2) is 0 Å². The van der Waals surface area contributed by atoms with E-state index >= 15 is 0 Å². The van der Waals surface area contributed by atoms with Crippen LogP contribution in [0.3, 0.4) is 0 Å². The minimum atomic E-state index is -0.677. The zero-order valence-corrected chi connectivity index (χ0v) is 11.1. The fourth-order valence-electron chi connectivity index (χ4n) is 2.89. The molecule has 1 N–H and O–H groups in total. The highest BCUT2D eigenvalue weighted by atomic mass is 16.4. The molecule has 1 aromatic heterocycles. The van der Waals surface area contributed by atoms with Crippen LogP contribution in [0.4, 0.5) is 0 Å². The third kappa shape index (κ3) is 2.26. The van der Waals surface area contributed by atoms with E-state index in [9.17, 15) is 9.90 Å². The maximum atomic E-state index is 11.5. The SMILES string of the molecule is CCCn1c(C)nnc1CC1(C(=O)O)CCCC1. The topological polar surface area (TPSA) is 68.0 Å². The largest absolute Gasteiger partial charge is 0.481 e. The van der Waals surface area contributed by atoms with Gasteiger partial charge in [-0.2, -0.15) is 0 Å². The Morgan fingerprint density at radius 1 is 1.39 bits per heavy atom. The van der Waals surface area contributed by atoms with E-state index in [0.29, 0.717) is 6.42 Å². The van der Waals surface area contributed by atoms with Crippen LogP contribution in [0, 0.1) is 12.3 Å². The molecule has 1 heterocycles. The summed E-state index contributed by atoms with van der Waals surface area (Å²) < 4.78 is 2.06. The average molecular weight is 251 g/mol. The molecule has 1 fully saturated rings. The number of aromatic nitrogens is 3. The zero-order valence-electron chi connectivity index (χ0n) is 11.1. The molecule has 0 atom stereocenters. The Kier molecular flexibility index (Phi) is 3.68. The molecule has 100 valence electrons. The molecule has 0 saturated heterocycles. The standard InChI is InChI=1S/C13H21N3O2/c1-3-8-16-10(2)14-15-11(16)9-13(12(17)18)6-4-5-7-13/h3-9H2,1-2H3,(H,17,18). The predicted molar refractivity (Wildman–Crippen MR) is 67.3 cm³/mol. The fourth-order valence-corrected chi connectivity index (χ4v) is 2.89. The Hall–Kier alpha value is -1.39. The lowest BCUT2D eigenvalue weighted by atomic mass is 9.82.